The van der Waals surface area contributed by atoms with Gasteiger partial charge in [0.2, 0.25) is 0 Å². The Bertz CT molecular complexity index is 3170. The third kappa shape index (κ3) is 7.38. The van der Waals surface area contributed by atoms with Gasteiger partial charge in [-0.3, -0.25) is 0 Å². The average Bonchev–Trinajstić information content (AvgIpc) is 3.37. The molecule has 0 N–H and O–H groups in total. The summed E-state index contributed by atoms with van der Waals surface area (Å²) in [4.78, 5) is 4.81. The topological polar surface area (TPSA) is 6.48 Å². The Balaban J connectivity index is 0.000000401. The molecule has 64 heavy (non-hydrogen) atoms. The predicted molar refractivity (Wildman–Crippen MR) is 275 cm³/mol. The van der Waals surface area contributed by atoms with Gasteiger partial charge in [-0.05, 0) is 104 Å². The van der Waals surface area contributed by atoms with Gasteiger partial charge >= 0.3 is 0 Å². The molecule has 0 heterocycles. The van der Waals surface area contributed by atoms with Gasteiger partial charge in [0, 0.05) is 44.3 Å². The van der Waals surface area contributed by atoms with E-state index in [9.17, 15) is 0 Å². The highest BCUT2D eigenvalue weighted by molar-refractivity contribution is 6.15. The molecule has 0 fully saturated rings. The lowest BCUT2D eigenvalue weighted by molar-refractivity contribution is 1.30. The molecule has 0 radical (unpaired) electrons. The van der Waals surface area contributed by atoms with Crippen molar-refractivity contribution >= 4 is 88.0 Å². The SMILES string of the molecule is c1ccc(N(c2ccc(-c3ccc(N(c4ccccc4)c4c5ccccc5cc5ccccc45)cc3)cc2)c2c3ccccc3cc3ccccc23)cc1.c1ccc2ccccc2c1. The molecule has 0 aromatic heterocycles. The number of nitrogens with zero attached hydrogens (tertiary/aromatic N) is 2. The summed E-state index contributed by atoms with van der Waals surface area (Å²) in [5.74, 6) is 0. The maximum atomic E-state index is 2.41. The van der Waals surface area contributed by atoms with Crippen LogP contribution in [0.1, 0.15) is 0 Å². The Morgan fingerprint density at radius 2 is 0.422 bits per heavy atom. The molecule has 0 saturated heterocycles. The molecule has 0 saturated carbocycles. The van der Waals surface area contributed by atoms with Crippen molar-refractivity contribution in [1.82, 2.24) is 0 Å². The maximum absolute atomic E-state index is 2.41. The summed E-state index contributed by atoms with van der Waals surface area (Å²) in [6, 6.07) is 95.6. The normalized spacial score (nSPS) is 11.1. The van der Waals surface area contributed by atoms with Gasteiger partial charge in [-0.1, -0.05) is 206 Å². The minimum absolute atomic E-state index is 1.11. The Morgan fingerprint density at radius 1 is 0.188 bits per heavy atom. The Morgan fingerprint density at radius 3 is 0.719 bits per heavy atom. The van der Waals surface area contributed by atoms with Crippen LogP contribution >= 0.6 is 0 Å². The zero-order chi connectivity index (χ0) is 42.7. The zero-order valence-corrected chi connectivity index (χ0v) is 35.3. The van der Waals surface area contributed by atoms with Crippen LogP contribution in [-0.4, -0.2) is 0 Å². The molecule has 2 nitrogen and oxygen atoms in total. The van der Waals surface area contributed by atoms with Crippen molar-refractivity contribution in [2.45, 2.75) is 0 Å². The van der Waals surface area contributed by atoms with Crippen molar-refractivity contribution in [3.8, 4) is 11.1 Å². The molecular formula is C62H44N2. The monoisotopic (exact) mass is 816 g/mol. The van der Waals surface area contributed by atoms with Gasteiger partial charge in [-0.15, -0.1) is 0 Å². The lowest BCUT2D eigenvalue weighted by Gasteiger charge is -2.29. The zero-order valence-electron chi connectivity index (χ0n) is 35.3. The summed E-state index contributed by atoms with van der Waals surface area (Å²) >= 11 is 0. The van der Waals surface area contributed by atoms with Gasteiger partial charge < -0.3 is 9.80 Å². The lowest BCUT2D eigenvalue weighted by atomic mass is 9.98. The van der Waals surface area contributed by atoms with E-state index in [1.807, 2.05) is 0 Å². The summed E-state index contributed by atoms with van der Waals surface area (Å²) in [6.07, 6.45) is 0. The van der Waals surface area contributed by atoms with Crippen LogP contribution in [0, 0.1) is 0 Å². The van der Waals surface area contributed by atoms with E-state index in [4.69, 9.17) is 0 Å². The molecule has 0 unspecified atom stereocenters. The van der Waals surface area contributed by atoms with E-state index < -0.39 is 0 Å². The fraction of sp³-hybridized carbons (Fsp3) is 0. The van der Waals surface area contributed by atoms with Crippen molar-refractivity contribution in [3.63, 3.8) is 0 Å². The summed E-state index contributed by atoms with van der Waals surface area (Å²) in [6.45, 7) is 0. The summed E-state index contributed by atoms with van der Waals surface area (Å²) in [5, 5.41) is 12.4. The second kappa shape index (κ2) is 17.1. The average molecular weight is 817 g/mol. The number of benzene rings is 12. The molecule has 0 bridgehead atoms. The highest BCUT2D eigenvalue weighted by atomic mass is 15.2. The van der Waals surface area contributed by atoms with E-state index in [1.165, 1.54) is 76.4 Å². The summed E-state index contributed by atoms with van der Waals surface area (Å²) in [7, 11) is 0. The Labute approximate surface area is 374 Å². The van der Waals surface area contributed by atoms with Crippen LogP contribution in [0.25, 0.3) is 65.0 Å². The molecule has 12 aromatic rings. The van der Waals surface area contributed by atoms with Crippen LogP contribution in [0.15, 0.2) is 267 Å². The van der Waals surface area contributed by atoms with E-state index in [1.54, 1.807) is 0 Å². The fourth-order valence-electron chi connectivity index (χ4n) is 9.17. The molecule has 0 spiro atoms. The van der Waals surface area contributed by atoms with Gasteiger partial charge in [-0.2, -0.15) is 0 Å². The van der Waals surface area contributed by atoms with Gasteiger partial charge in [0.05, 0.1) is 11.4 Å². The highest BCUT2D eigenvalue weighted by Crippen LogP contribution is 2.46. The number of hydrogen-bond acceptors (Lipinski definition) is 2. The van der Waals surface area contributed by atoms with Gasteiger partial charge in [0.1, 0.15) is 0 Å². The largest absolute Gasteiger partial charge is 0.309 e. The van der Waals surface area contributed by atoms with E-state index in [0.717, 1.165) is 22.7 Å². The van der Waals surface area contributed by atoms with Crippen LogP contribution in [0.5, 0.6) is 0 Å². The standard InChI is InChI=1S/C52H36N2.C10H8/c1-3-19-43(20-4-1)53(51-47-23-11-7-15-39(47)35-40-16-8-12-24-48(40)51)45-31-27-37(28-32-45)38-29-33-46(34-30-38)54(44-21-5-2-6-22-44)52-49-25-13-9-17-41(49)36-42-18-10-14-26-50(42)52;1-2-6-10-8-4-3-7-9(10)5-1/h1-36H;1-8H. The van der Waals surface area contributed by atoms with Crippen molar-refractivity contribution in [2.24, 2.45) is 0 Å². The van der Waals surface area contributed by atoms with E-state index >= 15 is 0 Å². The van der Waals surface area contributed by atoms with Crippen LogP contribution in [0.3, 0.4) is 0 Å². The molecule has 302 valence electrons. The first-order valence-electron chi connectivity index (χ1n) is 21.9. The third-order valence-electron chi connectivity index (χ3n) is 12.2. The van der Waals surface area contributed by atoms with E-state index in [0.29, 0.717) is 0 Å². The van der Waals surface area contributed by atoms with E-state index in [-0.39, 0.29) is 0 Å². The first-order valence-corrected chi connectivity index (χ1v) is 21.9. The van der Waals surface area contributed by atoms with E-state index in [2.05, 4.69) is 277 Å². The summed E-state index contributed by atoms with van der Waals surface area (Å²) < 4.78 is 0. The Kier molecular flexibility index (Phi) is 10.3. The lowest BCUT2D eigenvalue weighted by Crippen LogP contribution is -2.11. The van der Waals surface area contributed by atoms with Gasteiger partial charge in [0.15, 0.2) is 0 Å². The van der Waals surface area contributed by atoms with Crippen LogP contribution in [0.4, 0.5) is 34.1 Å². The van der Waals surface area contributed by atoms with Crippen molar-refractivity contribution in [3.05, 3.63) is 267 Å². The molecule has 0 aliphatic rings. The number of hydrogen-bond donors (Lipinski definition) is 0. The smallest absolute Gasteiger partial charge is 0.0618 e. The molecule has 0 atom stereocenters. The highest BCUT2D eigenvalue weighted by Gasteiger charge is 2.21. The number of para-hydroxylation sites is 2. The van der Waals surface area contributed by atoms with Crippen molar-refractivity contribution in [2.75, 3.05) is 9.80 Å². The molecule has 0 aliphatic carbocycles. The predicted octanol–water partition coefficient (Wildman–Crippen LogP) is 17.7. The van der Waals surface area contributed by atoms with Crippen LogP contribution < -0.4 is 9.80 Å². The van der Waals surface area contributed by atoms with Crippen LogP contribution in [-0.2, 0) is 0 Å². The molecule has 0 aliphatic heterocycles. The summed E-state index contributed by atoms with van der Waals surface area (Å²) in [5.41, 5.74) is 9.19. The minimum atomic E-state index is 1.11. The number of fused-ring (bicyclic) bond motifs is 5. The van der Waals surface area contributed by atoms with Crippen LogP contribution in [0.2, 0.25) is 0 Å². The number of anilines is 6. The molecular weight excluding hydrogens is 773 g/mol. The second-order valence-electron chi connectivity index (χ2n) is 16.1. The maximum Gasteiger partial charge on any atom is 0.0618 e. The number of rotatable bonds is 7. The van der Waals surface area contributed by atoms with Crippen molar-refractivity contribution < 1.29 is 0 Å². The molecule has 2 heteroatoms. The molecule has 12 aromatic carbocycles. The quantitative estimate of drug-likeness (QED) is 0.148. The van der Waals surface area contributed by atoms with Gasteiger partial charge in [0.25, 0.3) is 0 Å². The molecule has 12 rings (SSSR count). The minimum Gasteiger partial charge on any atom is -0.309 e. The first-order chi connectivity index (χ1) is 31.8. The first kappa shape index (κ1) is 38.5. The third-order valence-corrected chi connectivity index (χ3v) is 12.2. The Hall–Kier alpha value is -8.46. The second-order valence-corrected chi connectivity index (χ2v) is 16.1. The van der Waals surface area contributed by atoms with Gasteiger partial charge in [-0.25, -0.2) is 0 Å². The fourth-order valence-corrected chi connectivity index (χ4v) is 9.17. The molecule has 0 amide bonds. The van der Waals surface area contributed by atoms with Crippen molar-refractivity contribution in [1.29, 1.82) is 0 Å².